The maximum absolute atomic E-state index is 12.2. The summed E-state index contributed by atoms with van der Waals surface area (Å²) in [5, 5.41) is 6.96. The number of benzene rings is 2. The van der Waals surface area contributed by atoms with Crippen LogP contribution >= 0.6 is 0 Å². The summed E-state index contributed by atoms with van der Waals surface area (Å²) in [5.74, 6) is 2.87. The lowest BCUT2D eigenvalue weighted by molar-refractivity contribution is -0.134. The van der Waals surface area contributed by atoms with Crippen molar-refractivity contribution in [1.29, 1.82) is 0 Å². The number of nitrogens with zero attached hydrogens (tertiary/aromatic N) is 3. The van der Waals surface area contributed by atoms with E-state index < -0.39 is 0 Å². The van der Waals surface area contributed by atoms with Gasteiger partial charge < -0.3 is 14.4 Å². The number of likely N-dealkylation sites (tertiary alicyclic amines) is 1. The molecule has 1 fully saturated rings. The summed E-state index contributed by atoms with van der Waals surface area (Å²) in [6.45, 7) is 2.79. The summed E-state index contributed by atoms with van der Waals surface area (Å²) in [5.41, 5.74) is 3.27. The van der Waals surface area contributed by atoms with E-state index in [1.54, 1.807) is 11.1 Å². The zero-order valence-corrected chi connectivity index (χ0v) is 19.2. The Morgan fingerprint density at radius 2 is 1.88 bits per heavy atom. The molecule has 7 heteroatoms. The fourth-order valence-electron chi connectivity index (χ4n) is 4.72. The third-order valence-corrected chi connectivity index (χ3v) is 6.52. The number of aromatic nitrogens is 2. The Hall–Kier alpha value is -3.32. The van der Waals surface area contributed by atoms with Gasteiger partial charge in [0.1, 0.15) is 23.4 Å². The Balaban J connectivity index is 1.15. The maximum Gasteiger partial charge on any atom is 0.225 e. The number of ether oxygens (including phenoxy) is 2. The molecule has 2 aliphatic rings. The number of carbonyl (C=O) groups excluding carboxylic acids is 1. The fourth-order valence-corrected chi connectivity index (χ4v) is 4.72. The Labute approximate surface area is 194 Å². The van der Waals surface area contributed by atoms with Gasteiger partial charge in [0, 0.05) is 45.2 Å². The maximum atomic E-state index is 12.2. The van der Waals surface area contributed by atoms with Gasteiger partial charge in [-0.3, -0.25) is 14.8 Å². The van der Waals surface area contributed by atoms with Gasteiger partial charge in [0.05, 0.1) is 5.69 Å². The third kappa shape index (κ3) is 4.88. The van der Waals surface area contributed by atoms with Crippen LogP contribution in [-0.2, 0) is 11.2 Å². The van der Waals surface area contributed by atoms with Crippen LogP contribution in [0.1, 0.15) is 18.4 Å². The molecule has 1 amide bonds. The van der Waals surface area contributed by atoms with Crippen LogP contribution in [0.25, 0.3) is 11.3 Å². The molecule has 1 saturated heterocycles. The average molecular weight is 447 g/mol. The van der Waals surface area contributed by atoms with Crippen LogP contribution in [0.2, 0.25) is 0 Å². The van der Waals surface area contributed by atoms with Gasteiger partial charge >= 0.3 is 0 Å². The number of H-pyrrole nitrogens is 1. The second-order valence-electron chi connectivity index (χ2n) is 9.12. The quantitative estimate of drug-likeness (QED) is 0.620. The van der Waals surface area contributed by atoms with E-state index in [4.69, 9.17) is 9.47 Å². The molecule has 0 saturated carbocycles. The van der Waals surface area contributed by atoms with Crippen LogP contribution in [0.4, 0.5) is 0 Å². The van der Waals surface area contributed by atoms with Crippen LogP contribution in [0, 0.1) is 5.92 Å². The van der Waals surface area contributed by atoms with E-state index in [0.717, 1.165) is 67.4 Å². The number of hydrogen-bond acceptors (Lipinski definition) is 5. The fraction of sp³-hybridized carbons (Fsp3) is 0.385. The summed E-state index contributed by atoms with van der Waals surface area (Å²) < 4.78 is 12.3. The second kappa shape index (κ2) is 9.27. The van der Waals surface area contributed by atoms with E-state index >= 15 is 0 Å². The molecule has 3 heterocycles. The van der Waals surface area contributed by atoms with E-state index in [9.17, 15) is 4.79 Å². The standard InChI is InChI=1S/C26H30N4O3/c1-29(2)26(31)19-10-13-30(14-11-19)17-23-15-20-5-8-22(16-25(20)33-23)32-21-6-3-18(4-7-21)24-9-12-27-28-24/h3-9,12,16,19,23H,10-11,13-15,17H2,1-2H3,(H,27,28). The summed E-state index contributed by atoms with van der Waals surface area (Å²) in [6.07, 6.45) is 4.64. The summed E-state index contributed by atoms with van der Waals surface area (Å²) >= 11 is 0. The first-order valence-corrected chi connectivity index (χ1v) is 11.6. The molecule has 33 heavy (non-hydrogen) atoms. The molecule has 5 rings (SSSR count). The lowest BCUT2D eigenvalue weighted by atomic mass is 9.95. The number of hydrogen-bond donors (Lipinski definition) is 1. The first-order valence-electron chi connectivity index (χ1n) is 11.6. The van der Waals surface area contributed by atoms with Crippen molar-refractivity contribution in [1.82, 2.24) is 20.0 Å². The molecule has 0 radical (unpaired) electrons. The number of aromatic amines is 1. The van der Waals surface area contributed by atoms with Crippen LogP contribution in [0.15, 0.2) is 54.7 Å². The van der Waals surface area contributed by atoms with Gasteiger partial charge in [-0.15, -0.1) is 0 Å². The molecular formula is C26H30N4O3. The molecule has 172 valence electrons. The van der Waals surface area contributed by atoms with E-state index in [-0.39, 0.29) is 17.9 Å². The molecule has 7 nitrogen and oxygen atoms in total. The van der Waals surface area contributed by atoms with Crippen molar-refractivity contribution in [3.63, 3.8) is 0 Å². The van der Waals surface area contributed by atoms with Crippen molar-refractivity contribution in [2.24, 2.45) is 5.92 Å². The zero-order valence-electron chi connectivity index (χ0n) is 19.2. The molecule has 0 bridgehead atoms. The number of rotatable bonds is 6. The van der Waals surface area contributed by atoms with E-state index in [2.05, 4.69) is 21.2 Å². The van der Waals surface area contributed by atoms with Crippen LogP contribution < -0.4 is 9.47 Å². The zero-order chi connectivity index (χ0) is 22.8. The van der Waals surface area contributed by atoms with Gasteiger partial charge in [0.25, 0.3) is 0 Å². The van der Waals surface area contributed by atoms with Gasteiger partial charge in [0.2, 0.25) is 5.91 Å². The topological polar surface area (TPSA) is 70.7 Å². The number of amides is 1. The normalized spacial score (nSPS) is 18.5. The lowest BCUT2D eigenvalue weighted by Gasteiger charge is -2.33. The van der Waals surface area contributed by atoms with Gasteiger partial charge in [-0.05, 0) is 73.5 Å². The summed E-state index contributed by atoms with van der Waals surface area (Å²) in [7, 11) is 3.68. The first kappa shape index (κ1) is 21.5. The third-order valence-electron chi connectivity index (χ3n) is 6.52. The molecule has 1 atom stereocenters. The Bertz CT molecular complexity index is 1090. The number of piperidine rings is 1. The average Bonchev–Trinajstić information content (AvgIpc) is 3.49. The Kier molecular flexibility index (Phi) is 6.05. The van der Waals surface area contributed by atoms with E-state index in [1.165, 1.54) is 5.56 Å². The highest BCUT2D eigenvalue weighted by Crippen LogP contribution is 2.35. The minimum atomic E-state index is 0.144. The molecule has 2 aromatic carbocycles. The predicted octanol–water partition coefficient (Wildman–Crippen LogP) is 3.97. The SMILES string of the molecule is CN(C)C(=O)C1CCN(CC2Cc3ccc(Oc4ccc(-c5ccn[nH]5)cc4)cc3O2)CC1. The highest BCUT2D eigenvalue weighted by atomic mass is 16.5. The predicted molar refractivity (Wildman–Crippen MR) is 127 cm³/mol. The highest BCUT2D eigenvalue weighted by Gasteiger charge is 2.30. The van der Waals surface area contributed by atoms with E-state index in [1.807, 2.05) is 56.6 Å². The number of nitrogens with one attached hydrogen (secondary N) is 1. The molecule has 2 aliphatic heterocycles. The largest absolute Gasteiger partial charge is 0.488 e. The minimum absolute atomic E-state index is 0.144. The van der Waals surface area contributed by atoms with Gasteiger partial charge in [-0.1, -0.05) is 6.07 Å². The molecule has 0 aliphatic carbocycles. The minimum Gasteiger partial charge on any atom is -0.488 e. The first-order chi connectivity index (χ1) is 16.0. The Morgan fingerprint density at radius 3 is 2.58 bits per heavy atom. The highest BCUT2D eigenvalue weighted by molar-refractivity contribution is 5.78. The van der Waals surface area contributed by atoms with Gasteiger partial charge in [-0.25, -0.2) is 0 Å². The smallest absolute Gasteiger partial charge is 0.225 e. The van der Waals surface area contributed by atoms with Crippen LogP contribution in [0.3, 0.4) is 0 Å². The van der Waals surface area contributed by atoms with Crippen molar-refractivity contribution in [3.05, 3.63) is 60.3 Å². The molecule has 1 N–H and O–H groups in total. The van der Waals surface area contributed by atoms with Crippen molar-refractivity contribution in [2.45, 2.75) is 25.4 Å². The molecular weight excluding hydrogens is 416 g/mol. The molecule has 0 spiro atoms. The lowest BCUT2D eigenvalue weighted by Crippen LogP contribution is -2.43. The second-order valence-corrected chi connectivity index (χ2v) is 9.12. The molecule has 1 aromatic heterocycles. The van der Waals surface area contributed by atoms with Crippen molar-refractivity contribution < 1.29 is 14.3 Å². The summed E-state index contributed by atoms with van der Waals surface area (Å²) in [6, 6.07) is 16.0. The van der Waals surface area contributed by atoms with Gasteiger partial charge in [0.15, 0.2) is 0 Å². The van der Waals surface area contributed by atoms with E-state index in [0.29, 0.717) is 0 Å². The summed E-state index contributed by atoms with van der Waals surface area (Å²) in [4.78, 5) is 16.3. The number of fused-ring (bicyclic) bond motifs is 1. The number of carbonyl (C=O) groups is 1. The van der Waals surface area contributed by atoms with Crippen molar-refractivity contribution >= 4 is 5.91 Å². The van der Waals surface area contributed by atoms with Crippen molar-refractivity contribution in [2.75, 3.05) is 33.7 Å². The van der Waals surface area contributed by atoms with Crippen molar-refractivity contribution in [3.8, 4) is 28.5 Å². The van der Waals surface area contributed by atoms with Crippen LogP contribution in [-0.4, -0.2) is 65.7 Å². The van der Waals surface area contributed by atoms with Gasteiger partial charge in [-0.2, -0.15) is 5.10 Å². The molecule has 3 aromatic rings. The molecule has 1 unspecified atom stereocenters. The Morgan fingerprint density at radius 1 is 1.12 bits per heavy atom. The monoisotopic (exact) mass is 446 g/mol. The van der Waals surface area contributed by atoms with Crippen LogP contribution in [0.5, 0.6) is 17.2 Å².